The quantitative estimate of drug-likeness (QED) is 0.181. The highest BCUT2D eigenvalue weighted by molar-refractivity contribution is 7.80. The van der Waals surface area contributed by atoms with Crippen molar-refractivity contribution in [2.24, 2.45) is 5.92 Å². The van der Waals surface area contributed by atoms with Gasteiger partial charge in [-0.3, -0.25) is 14.9 Å². The van der Waals surface area contributed by atoms with E-state index in [1.165, 1.54) is 12.2 Å². The molecular formula is C18H21Cl3N4O3S. The number of allylic oxidation sites excluding steroid dienone is 6. The third-order valence-corrected chi connectivity index (χ3v) is 5.29. The van der Waals surface area contributed by atoms with E-state index >= 15 is 0 Å². The molecule has 7 nitrogen and oxygen atoms in total. The number of hydrogen-bond donors (Lipinski definition) is 3. The van der Waals surface area contributed by atoms with Crippen LogP contribution in [0.25, 0.3) is 0 Å². The SMILES string of the molecule is CC1=C(NC(=S)NC(NC(=O)C2=CC([N+](=O)[O-])=CCC2)C(Cl)(Cl)Cl)C[C@@H](C)C=C1. The molecule has 2 aliphatic rings. The van der Waals surface area contributed by atoms with E-state index in [0.29, 0.717) is 18.8 Å². The van der Waals surface area contributed by atoms with Gasteiger partial charge in [0.2, 0.25) is 9.70 Å². The molecule has 3 N–H and O–H groups in total. The van der Waals surface area contributed by atoms with Gasteiger partial charge in [-0.2, -0.15) is 0 Å². The topological polar surface area (TPSA) is 96.3 Å². The summed E-state index contributed by atoms with van der Waals surface area (Å²) in [5.74, 6) is -0.219. The van der Waals surface area contributed by atoms with Crippen LogP contribution >= 0.6 is 47.0 Å². The van der Waals surface area contributed by atoms with Crippen molar-refractivity contribution in [2.75, 3.05) is 0 Å². The molecule has 2 aliphatic carbocycles. The standard InChI is InChI=1S/C18H21Cl3N4O3S/c1-10-6-7-11(2)14(8-10)22-17(29)24-16(18(19,20)21)23-15(26)12-4-3-5-13(9-12)25(27)28/h5-7,9-10,16H,3-4,8H2,1-2H3,(H,23,26)(H2,22,24,29)/t10-,16?/m0/s1. The van der Waals surface area contributed by atoms with Gasteiger partial charge in [-0.05, 0) is 56.0 Å². The van der Waals surface area contributed by atoms with E-state index in [1.54, 1.807) is 0 Å². The van der Waals surface area contributed by atoms with Crippen LogP contribution in [0, 0.1) is 16.0 Å². The largest absolute Gasteiger partial charge is 0.339 e. The van der Waals surface area contributed by atoms with Crippen molar-refractivity contribution in [1.29, 1.82) is 0 Å². The van der Waals surface area contributed by atoms with Crippen molar-refractivity contribution in [3.63, 3.8) is 0 Å². The van der Waals surface area contributed by atoms with Gasteiger partial charge in [0.25, 0.3) is 5.70 Å². The summed E-state index contributed by atoms with van der Waals surface area (Å²) in [7, 11) is 0. The van der Waals surface area contributed by atoms with E-state index in [9.17, 15) is 14.9 Å². The summed E-state index contributed by atoms with van der Waals surface area (Å²) in [6.07, 6.45) is 7.12. The monoisotopic (exact) mass is 478 g/mol. The van der Waals surface area contributed by atoms with Crippen LogP contribution in [0.4, 0.5) is 0 Å². The maximum atomic E-state index is 12.6. The van der Waals surface area contributed by atoms with Crippen LogP contribution in [0.5, 0.6) is 0 Å². The van der Waals surface area contributed by atoms with Crippen molar-refractivity contribution in [1.82, 2.24) is 16.0 Å². The van der Waals surface area contributed by atoms with Gasteiger partial charge in [0.05, 0.1) is 4.92 Å². The number of nitro groups is 1. The van der Waals surface area contributed by atoms with Crippen LogP contribution in [0.3, 0.4) is 0 Å². The lowest BCUT2D eigenvalue weighted by Gasteiger charge is -2.29. The first-order valence-electron chi connectivity index (χ1n) is 8.85. The highest BCUT2D eigenvalue weighted by Gasteiger charge is 2.35. The van der Waals surface area contributed by atoms with Gasteiger partial charge in [0.15, 0.2) is 5.11 Å². The lowest BCUT2D eigenvalue weighted by atomic mass is 9.96. The van der Waals surface area contributed by atoms with Crippen LogP contribution in [0.2, 0.25) is 0 Å². The molecule has 1 amide bonds. The Morgan fingerprint density at radius 1 is 1.38 bits per heavy atom. The molecule has 2 atom stereocenters. The minimum absolute atomic E-state index is 0.140. The van der Waals surface area contributed by atoms with Crippen molar-refractivity contribution >= 4 is 58.0 Å². The van der Waals surface area contributed by atoms with Gasteiger partial charge in [0.1, 0.15) is 6.17 Å². The van der Waals surface area contributed by atoms with Crippen molar-refractivity contribution in [3.8, 4) is 0 Å². The van der Waals surface area contributed by atoms with E-state index in [-0.39, 0.29) is 16.4 Å². The van der Waals surface area contributed by atoms with Crippen LogP contribution in [-0.2, 0) is 4.79 Å². The summed E-state index contributed by atoms with van der Waals surface area (Å²) >= 11 is 23.3. The third-order valence-electron chi connectivity index (χ3n) is 4.41. The maximum Gasteiger partial charge on any atom is 0.265 e. The Bertz CT molecular complexity index is 831. The van der Waals surface area contributed by atoms with Crippen LogP contribution < -0.4 is 16.0 Å². The molecule has 0 radical (unpaired) electrons. The molecule has 0 fully saturated rings. The minimum atomic E-state index is -1.92. The Morgan fingerprint density at radius 2 is 2.07 bits per heavy atom. The number of rotatable bonds is 5. The molecule has 11 heteroatoms. The molecule has 0 spiro atoms. The van der Waals surface area contributed by atoms with Crippen LogP contribution in [0.1, 0.15) is 33.1 Å². The van der Waals surface area contributed by atoms with Gasteiger partial charge in [-0.25, -0.2) is 0 Å². The molecule has 0 heterocycles. The molecular weight excluding hydrogens is 459 g/mol. The van der Waals surface area contributed by atoms with E-state index in [1.807, 2.05) is 13.0 Å². The zero-order valence-electron chi connectivity index (χ0n) is 15.8. The summed E-state index contributed by atoms with van der Waals surface area (Å²) in [6.45, 7) is 4.04. The Kier molecular flexibility index (Phi) is 8.10. The molecule has 29 heavy (non-hydrogen) atoms. The second kappa shape index (κ2) is 9.93. The van der Waals surface area contributed by atoms with E-state index in [4.69, 9.17) is 47.0 Å². The average Bonchev–Trinajstić information content (AvgIpc) is 2.63. The van der Waals surface area contributed by atoms with Gasteiger partial charge in [-0.15, -0.1) is 0 Å². The number of nitrogens with zero attached hydrogens (tertiary/aromatic N) is 1. The molecule has 0 aromatic carbocycles. The highest BCUT2D eigenvalue weighted by atomic mass is 35.6. The number of carbonyl (C=O) groups is 1. The zero-order chi connectivity index (χ0) is 21.8. The number of hydrogen-bond acceptors (Lipinski definition) is 4. The lowest BCUT2D eigenvalue weighted by molar-refractivity contribution is -0.419. The van der Waals surface area contributed by atoms with Crippen LogP contribution in [-0.4, -0.2) is 25.9 Å². The van der Waals surface area contributed by atoms with Crippen LogP contribution in [0.15, 0.2) is 46.8 Å². The molecule has 0 aliphatic heterocycles. The average molecular weight is 480 g/mol. The summed E-state index contributed by atoms with van der Waals surface area (Å²) in [5, 5.41) is 19.6. The second-order valence-corrected chi connectivity index (χ2v) is 9.62. The number of halogens is 3. The van der Waals surface area contributed by atoms with E-state index < -0.39 is 20.8 Å². The highest BCUT2D eigenvalue weighted by Crippen LogP contribution is 2.30. The molecule has 0 aromatic rings. The summed E-state index contributed by atoms with van der Waals surface area (Å²) in [4.78, 5) is 23.0. The molecule has 2 rings (SSSR count). The summed E-state index contributed by atoms with van der Waals surface area (Å²) in [6, 6.07) is 0. The van der Waals surface area contributed by atoms with E-state index in [2.05, 4.69) is 29.0 Å². The number of amides is 1. The Balaban J connectivity index is 2.07. The van der Waals surface area contributed by atoms with Gasteiger partial charge < -0.3 is 16.0 Å². The fraction of sp³-hybridized carbons (Fsp3) is 0.444. The number of carbonyl (C=O) groups excluding carboxylic acids is 1. The first-order chi connectivity index (χ1) is 13.5. The predicted molar refractivity (Wildman–Crippen MR) is 119 cm³/mol. The minimum Gasteiger partial charge on any atom is -0.339 e. The number of nitrogens with one attached hydrogen (secondary N) is 3. The number of alkyl halides is 3. The first kappa shape index (κ1) is 23.7. The maximum absolute atomic E-state index is 12.6. The molecule has 0 saturated carbocycles. The first-order valence-corrected chi connectivity index (χ1v) is 10.4. The number of thiocarbonyl (C=S) groups is 1. The summed E-state index contributed by atoms with van der Waals surface area (Å²) < 4.78 is -1.92. The normalized spacial score (nSPS) is 20.4. The van der Waals surface area contributed by atoms with Gasteiger partial charge in [-0.1, -0.05) is 53.9 Å². The van der Waals surface area contributed by atoms with Gasteiger partial charge >= 0.3 is 0 Å². The molecule has 0 bridgehead atoms. The third kappa shape index (κ3) is 6.99. The molecule has 158 valence electrons. The van der Waals surface area contributed by atoms with Crippen molar-refractivity contribution in [2.45, 2.75) is 43.1 Å². The molecule has 0 saturated heterocycles. The Morgan fingerprint density at radius 3 is 2.69 bits per heavy atom. The Hall–Kier alpha value is -1.61. The fourth-order valence-corrected chi connectivity index (χ4v) is 3.40. The summed E-state index contributed by atoms with van der Waals surface area (Å²) in [5.41, 5.74) is 2.05. The molecule has 1 unspecified atom stereocenters. The Labute approximate surface area is 189 Å². The predicted octanol–water partition coefficient (Wildman–Crippen LogP) is 4.01. The zero-order valence-corrected chi connectivity index (χ0v) is 18.9. The van der Waals surface area contributed by atoms with Gasteiger partial charge in [0, 0.05) is 17.3 Å². The van der Waals surface area contributed by atoms with Crippen molar-refractivity contribution in [3.05, 3.63) is 57.0 Å². The van der Waals surface area contributed by atoms with E-state index in [0.717, 1.165) is 17.7 Å². The fourth-order valence-electron chi connectivity index (χ4n) is 2.83. The van der Waals surface area contributed by atoms with Crippen molar-refractivity contribution < 1.29 is 9.72 Å². The second-order valence-electron chi connectivity index (χ2n) is 6.84. The molecule has 0 aromatic heterocycles. The smallest absolute Gasteiger partial charge is 0.265 e. The lowest BCUT2D eigenvalue weighted by Crippen LogP contribution is -2.57.